The van der Waals surface area contributed by atoms with Crippen molar-refractivity contribution in [1.82, 2.24) is 4.72 Å². The molecule has 0 heterocycles. The van der Waals surface area contributed by atoms with Crippen molar-refractivity contribution < 1.29 is 31.8 Å². The molecule has 0 aromatic carbocycles. The van der Waals surface area contributed by atoms with Crippen LogP contribution in [0.25, 0.3) is 0 Å². The summed E-state index contributed by atoms with van der Waals surface area (Å²) in [5.41, 5.74) is 0. The van der Waals surface area contributed by atoms with Crippen molar-refractivity contribution in [2.24, 2.45) is 0 Å². The number of hydrogen-bond donors (Lipinski definition) is 1. The SMILES string of the molecule is O=S(=O)([O-])NC1CCCCC1.[Li+]. The van der Waals surface area contributed by atoms with Gasteiger partial charge in [0.1, 0.15) is 0 Å². The van der Waals surface area contributed by atoms with Crippen molar-refractivity contribution in [3.63, 3.8) is 0 Å². The second-order valence-corrected chi connectivity index (χ2v) is 4.05. The van der Waals surface area contributed by atoms with Gasteiger partial charge >= 0.3 is 18.9 Å². The van der Waals surface area contributed by atoms with Crippen LogP contribution in [0, 0.1) is 0 Å². The molecule has 1 fully saturated rings. The van der Waals surface area contributed by atoms with Crippen LogP contribution in [0.2, 0.25) is 0 Å². The van der Waals surface area contributed by atoms with E-state index in [2.05, 4.69) is 4.72 Å². The van der Waals surface area contributed by atoms with Crippen LogP contribution >= 0.6 is 0 Å². The molecule has 0 atom stereocenters. The predicted octanol–water partition coefficient (Wildman–Crippen LogP) is -2.63. The Kier molecular flexibility index (Phi) is 5.46. The Morgan fingerprint density at radius 1 is 1.17 bits per heavy atom. The molecule has 0 bridgehead atoms. The molecule has 1 N–H and O–H groups in total. The minimum atomic E-state index is -4.22. The van der Waals surface area contributed by atoms with Crippen molar-refractivity contribution in [3.05, 3.63) is 0 Å². The van der Waals surface area contributed by atoms with Gasteiger partial charge in [0.05, 0.1) is 0 Å². The first-order chi connectivity index (χ1) is 5.08. The van der Waals surface area contributed by atoms with Gasteiger partial charge in [-0.3, -0.25) is 0 Å². The van der Waals surface area contributed by atoms with Gasteiger partial charge in [-0.2, -0.15) is 0 Å². The van der Waals surface area contributed by atoms with E-state index >= 15 is 0 Å². The van der Waals surface area contributed by atoms with E-state index in [1.807, 2.05) is 0 Å². The second kappa shape index (κ2) is 5.25. The van der Waals surface area contributed by atoms with E-state index < -0.39 is 10.3 Å². The van der Waals surface area contributed by atoms with Gasteiger partial charge in [0.2, 0.25) is 0 Å². The fourth-order valence-electron chi connectivity index (χ4n) is 1.42. The van der Waals surface area contributed by atoms with Crippen molar-refractivity contribution >= 4 is 10.3 Å². The molecule has 66 valence electrons. The first-order valence-electron chi connectivity index (χ1n) is 3.81. The Balaban J connectivity index is 0.00000121. The first-order valence-corrected chi connectivity index (χ1v) is 5.22. The van der Waals surface area contributed by atoms with Gasteiger partial charge in [0, 0.05) is 6.04 Å². The Morgan fingerprint density at radius 2 is 1.67 bits per heavy atom. The summed E-state index contributed by atoms with van der Waals surface area (Å²) in [6, 6.07) is -0.105. The molecule has 0 aromatic heterocycles. The van der Waals surface area contributed by atoms with Crippen LogP contribution < -0.4 is 23.6 Å². The fraction of sp³-hybridized carbons (Fsp3) is 1.00. The van der Waals surface area contributed by atoms with E-state index in [0.717, 1.165) is 32.1 Å². The van der Waals surface area contributed by atoms with E-state index in [9.17, 15) is 13.0 Å². The van der Waals surface area contributed by atoms with E-state index in [0.29, 0.717) is 0 Å². The zero-order valence-corrected chi connectivity index (χ0v) is 8.06. The van der Waals surface area contributed by atoms with Crippen molar-refractivity contribution in [2.75, 3.05) is 0 Å². The molecule has 12 heavy (non-hydrogen) atoms. The zero-order valence-electron chi connectivity index (χ0n) is 7.25. The minimum absolute atomic E-state index is 0. The summed E-state index contributed by atoms with van der Waals surface area (Å²) >= 11 is 0. The van der Waals surface area contributed by atoms with E-state index in [4.69, 9.17) is 0 Å². The first kappa shape index (κ1) is 12.5. The van der Waals surface area contributed by atoms with Gasteiger partial charge in [-0.1, -0.05) is 19.3 Å². The minimum Gasteiger partial charge on any atom is -0.735 e. The fourth-order valence-corrected chi connectivity index (χ4v) is 2.07. The van der Waals surface area contributed by atoms with Crippen molar-refractivity contribution in [2.45, 2.75) is 38.1 Å². The largest absolute Gasteiger partial charge is 1.00 e. The molecule has 6 heteroatoms. The van der Waals surface area contributed by atoms with Gasteiger partial charge in [0.25, 0.3) is 0 Å². The Labute approximate surface area is 85.2 Å². The zero-order chi connectivity index (χ0) is 8.32. The number of rotatable bonds is 2. The summed E-state index contributed by atoms with van der Waals surface area (Å²) < 4.78 is 32.8. The summed E-state index contributed by atoms with van der Waals surface area (Å²) in [5.74, 6) is 0. The molecule has 0 spiro atoms. The molecule has 0 aromatic rings. The summed E-state index contributed by atoms with van der Waals surface area (Å²) in [5, 5.41) is 0. The molecule has 0 amide bonds. The van der Waals surface area contributed by atoms with Crippen LogP contribution in [0.3, 0.4) is 0 Å². The summed E-state index contributed by atoms with van der Waals surface area (Å²) in [7, 11) is -4.22. The van der Waals surface area contributed by atoms with E-state index in [1.54, 1.807) is 0 Å². The Morgan fingerprint density at radius 3 is 2.08 bits per heavy atom. The van der Waals surface area contributed by atoms with Crippen LogP contribution in [0.5, 0.6) is 0 Å². The molecule has 0 radical (unpaired) electrons. The molecule has 1 aliphatic carbocycles. The normalized spacial score (nSPS) is 20.1. The second-order valence-electron chi connectivity index (χ2n) is 2.91. The molecule has 0 aliphatic heterocycles. The monoisotopic (exact) mass is 185 g/mol. The number of nitrogens with one attached hydrogen (secondary N) is 1. The maximum absolute atomic E-state index is 10.2. The third-order valence-electron chi connectivity index (χ3n) is 1.92. The van der Waals surface area contributed by atoms with Gasteiger partial charge in [-0.15, -0.1) is 0 Å². The van der Waals surface area contributed by atoms with Gasteiger partial charge in [0.15, 0.2) is 10.3 Å². The third-order valence-corrected chi connectivity index (χ3v) is 2.54. The molecular formula is C6H12LiNO3S. The molecule has 4 nitrogen and oxygen atoms in total. The molecule has 1 rings (SSSR count). The van der Waals surface area contributed by atoms with Crippen LogP contribution in [-0.2, 0) is 10.3 Å². The van der Waals surface area contributed by atoms with E-state index in [1.165, 1.54) is 0 Å². The van der Waals surface area contributed by atoms with E-state index in [-0.39, 0.29) is 24.9 Å². The van der Waals surface area contributed by atoms with Crippen LogP contribution in [0.15, 0.2) is 0 Å². The average Bonchev–Trinajstić information content (AvgIpc) is 1.85. The summed E-state index contributed by atoms with van der Waals surface area (Å²) in [4.78, 5) is 0. The van der Waals surface area contributed by atoms with Gasteiger partial charge in [-0.25, -0.2) is 13.1 Å². The average molecular weight is 185 g/mol. The van der Waals surface area contributed by atoms with Gasteiger partial charge in [-0.05, 0) is 12.8 Å². The number of hydrogen-bond acceptors (Lipinski definition) is 3. The molecule has 1 saturated carbocycles. The topological polar surface area (TPSA) is 69.2 Å². The smallest absolute Gasteiger partial charge is 0.735 e. The van der Waals surface area contributed by atoms with Crippen molar-refractivity contribution in [1.29, 1.82) is 0 Å². The predicted molar refractivity (Wildman–Crippen MR) is 39.7 cm³/mol. The Bertz CT molecular complexity index is 211. The maximum atomic E-state index is 10.2. The molecule has 0 unspecified atom stereocenters. The molecule has 1 aliphatic rings. The van der Waals surface area contributed by atoms with Crippen LogP contribution in [0.1, 0.15) is 32.1 Å². The summed E-state index contributed by atoms with van der Waals surface area (Å²) in [6.45, 7) is 0. The molecule has 0 saturated heterocycles. The van der Waals surface area contributed by atoms with Crippen LogP contribution in [-0.4, -0.2) is 19.0 Å². The van der Waals surface area contributed by atoms with Crippen molar-refractivity contribution in [3.8, 4) is 0 Å². The molecular weight excluding hydrogens is 173 g/mol. The van der Waals surface area contributed by atoms with Crippen LogP contribution in [0.4, 0.5) is 0 Å². The standard InChI is InChI=1S/C6H13NO3S.Li/c8-11(9,10)7-6-4-2-1-3-5-6;/h6-7H,1-5H2,(H,8,9,10);/q;+1/p-1. The maximum Gasteiger partial charge on any atom is 1.00 e. The quantitative estimate of drug-likeness (QED) is 0.378. The summed E-state index contributed by atoms with van der Waals surface area (Å²) in [6.07, 6.45) is 4.81. The Hall–Kier alpha value is 0.467. The third kappa shape index (κ3) is 5.17. The van der Waals surface area contributed by atoms with Gasteiger partial charge < -0.3 is 4.55 Å².